The number of piperazine rings is 1. The Morgan fingerprint density at radius 2 is 2.12 bits per heavy atom. The van der Waals surface area contributed by atoms with Crippen molar-refractivity contribution in [3.63, 3.8) is 0 Å². The Labute approximate surface area is 98.3 Å². The molecule has 0 amide bonds. The molecule has 1 saturated carbocycles. The number of nitrogens with zero attached hydrogens (tertiary/aromatic N) is 1. The van der Waals surface area contributed by atoms with Gasteiger partial charge in [0.05, 0.1) is 19.8 Å². The molecular formula is C12H24N2O2. The van der Waals surface area contributed by atoms with Gasteiger partial charge in [-0.2, -0.15) is 0 Å². The Bertz CT molecular complexity index is 197. The monoisotopic (exact) mass is 228 g/mol. The predicted molar refractivity (Wildman–Crippen MR) is 63.6 cm³/mol. The Morgan fingerprint density at radius 1 is 1.25 bits per heavy atom. The van der Waals surface area contributed by atoms with Gasteiger partial charge in [0, 0.05) is 39.3 Å². The van der Waals surface area contributed by atoms with Gasteiger partial charge in [-0.1, -0.05) is 0 Å². The van der Waals surface area contributed by atoms with Gasteiger partial charge in [-0.05, 0) is 18.8 Å². The summed E-state index contributed by atoms with van der Waals surface area (Å²) in [5.41, 5.74) is 0. The molecule has 94 valence electrons. The predicted octanol–water partition coefficient (Wildman–Crippen LogP) is 0.333. The van der Waals surface area contributed by atoms with E-state index in [0.29, 0.717) is 13.2 Å². The summed E-state index contributed by atoms with van der Waals surface area (Å²) in [6.07, 6.45) is 2.85. The molecule has 0 spiro atoms. The maximum Gasteiger partial charge on any atom is 0.0700 e. The summed E-state index contributed by atoms with van der Waals surface area (Å²) in [4.78, 5) is 2.52. The van der Waals surface area contributed by atoms with E-state index in [4.69, 9.17) is 9.47 Å². The van der Waals surface area contributed by atoms with Gasteiger partial charge in [-0.3, -0.25) is 4.90 Å². The molecule has 1 aliphatic heterocycles. The van der Waals surface area contributed by atoms with Gasteiger partial charge < -0.3 is 14.8 Å². The minimum absolute atomic E-state index is 0.701. The fourth-order valence-corrected chi connectivity index (χ4v) is 2.30. The average Bonchev–Trinajstić information content (AvgIpc) is 3.13. The quantitative estimate of drug-likeness (QED) is 0.637. The topological polar surface area (TPSA) is 33.7 Å². The van der Waals surface area contributed by atoms with Crippen LogP contribution in [0.5, 0.6) is 0 Å². The standard InChI is InChI=1S/C12H24N2O2/c1-15-8-9-16-7-6-14-5-4-13-12(10-14)11-2-3-11/h11-13H,2-10H2,1H3. The molecule has 1 atom stereocenters. The van der Waals surface area contributed by atoms with E-state index in [-0.39, 0.29) is 0 Å². The van der Waals surface area contributed by atoms with Crippen LogP contribution in [0, 0.1) is 5.92 Å². The molecule has 1 heterocycles. The average molecular weight is 228 g/mol. The van der Waals surface area contributed by atoms with Crippen LogP contribution in [0.25, 0.3) is 0 Å². The van der Waals surface area contributed by atoms with Crippen LogP contribution in [-0.4, -0.2) is 64.1 Å². The van der Waals surface area contributed by atoms with Crippen molar-refractivity contribution in [1.29, 1.82) is 0 Å². The minimum Gasteiger partial charge on any atom is -0.382 e. The molecule has 0 radical (unpaired) electrons. The first-order valence-electron chi connectivity index (χ1n) is 6.42. The second kappa shape index (κ2) is 6.55. The van der Waals surface area contributed by atoms with Crippen molar-refractivity contribution in [1.82, 2.24) is 10.2 Å². The van der Waals surface area contributed by atoms with Gasteiger partial charge in [0.2, 0.25) is 0 Å². The lowest BCUT2D eigenvalue weighted by Gasteiger charge is -2.33. The van der Waals surface area contributed by atoms with Crippen LogP contribution < -0.4 is 5.32 Å². The smallest absolute Gasteiger partial charge is 0.0700 e. The van der Waals surface area contributed by atoms with Gasteiger partial charge in [0.1, 0.15) is 0 Å². The third-order valence-electron chi connectivity index (χ3n) is 3.46. The molecule has 0 aromatic rings. The van der Waals surface area contributed by atoms with Crippen LogP contribution in [0.1, 0.15) is 12.8 Å². The highest BCUT2D eigenvalue weighted by molar-refractivity contribution is 4.91. The highest BCUT2D eigenvalue weighted by atomic mass is 16.5. The molecule has 2 fully saturated rings. The molecule has 1 saturated heterocycles. The zero-order valence-electron chi connectivity index (χ0n) is 10.3. The van der Waals surface area contributed by atoms with E-state index in [1.54, 1.807) is 7.11 Å². The van der Waals surface area contributed by atoms with Gasteiger partial charge >= 0.3 is 0 Å². The lowest BCUT2D eigenvalue weighted by molar-refractivity contribution is 0.0515. The van der Waals surface area contributed by atoms with Crippen molar-refractivity contribution >= 4 is 0 Å². The Kier molecular flexibility index (Phi) is 5.03. The van der Waals surface area contributed by atoms with Crippen molar-refractivity contribution in [3.8, 4) is 0 Å². The van der Waals surface area contributed by atoms with Gasteiger partial charge in [0.25, 0.3) is 0 Å². The second-order valence-corrected chi connectivity index (χ2v) is 4.80. The molecule has 0 aromatic heterocycles. The largest absolute Gasteiger partial charge is 0.382 e. The summed E-state index contributed by atoms with van der Waals surface area (Å²) in [6.45, 7) is 6.82. The molecule has 0 aromatic carbocycles. The Hall–Kier alpha value is -0.160. The number of methoxy groups -OCH3 is 1. The van der Waals surface area contributed by atoms with E-state index >= 15 is 0 Å². The summed E-state index contributed by atoms with van der Waals surface area (Å²) in [5, 5.41) is 3.62. The van der Waals surface area contributed by atoms with Crippen molar-refractivity contribution in [3.05, 3.63) is 0 Å². The Morgan fingerprint density at radius 3 is 2.88 bits per heavy atom. The third-order valence-corrected chi connectivity index (χ3v) is 3.46. The van der Waals surface area contributed by atoms with E-state index in [2.05, 4.69) is 10.2 Å². The van der Waals surface area contributed by atoms with Crippen molar-refractivity contribution in [2.75, 3.05) is 53.1 Å². The molecule has 4 heteroatoms. The van der Waals surface area contributed by atoms with Gasteiger partial charge in [-0.25, -0.2) is 0 Å². The van der Waals surface area contributed by atoms with Gasteiger partial charge in [-0.15, -0.1) is 0 Å². The van der Waals surface area contributed by atoms with Crippen LogP contribution in [0.15, 0.2) is 0 Å². The first-order valence-corrected chi connectivity index (χ1v) is 6.42. The molecule has 4 nitrogen and oxygen atoms in total. The zero-order chi connectivity index (χ0) is 11.2. The maximum absolute atomic E-state index is 5.50. The van der Waals surface area contributed by atoms with Crippen LogP contribution >= 0.6 is 0 Å². The van der Waals surface area contributed by atoms with Crippen LogP contribution in [0.4, 0.5) is 0 Å². The first-order chi connectivity index (χ1) is 7.90. The SMILES string of the molecule is COCCOCCN1CCNC(C2CC2)C1. The lowest BCUT2D eigenvalue weighted by Crippen LogP contribution is -2.52. The summed E-state index contributed by atoms with van der Waals surface area (Å²) >= 11 is 0. The highest BCUT2D eigenvalue weighted by Crippen LogP contribution is 2.33. The number of nitrogens with one attached hydrogen (secondary N) is 1. The van der Waals surface area contributed by atoms with Crippen LogP contribution in [0.2, 0.25) is 0 Å². The molecule has 16 heavy (non-hydrogen) atoms. The molecule has 1 aliphatic carbocycles. The first kappa shape index (κ1) is 12.3. The Balaban J connectivity index is 1.54. The van der Waals surface area contributed by atoms with Gasteiger partial charge in [0.15, 0.2) is 0 Å². The molecular weight excluding hydrogens is 204 g/mol. The number of hydrogen-bond acceptors (Lipinski definition) is 4. The van der Waals surface area contributed by atoms with Crippen molar-refractivity contribution < 1.29 is 9.47 Å². The summed E-state index contributed by atoms with van der Waals surface area (Å²) in [6, 6.07) is 0.743. The number of rotatable bonds is 7. The number of hydrogen-bond donors (Lipinski definition) is 1. The zero-order valence-corrected chi connectivity index (χ0v) is 10.3. The maximum atomic E-state index is 5.50. The normalized spacial score (nSPS) is 27.2. The van der Waals surface area contributed by atoms with E-state index in [1.165, 1.54) is 19.4 Å². The molecule has 0 bridgehead atoms. The molecule has 1 N–H and O–H groups in total. The molecule has 2 rings (SSSR count). The number of ether oxygens (including phenoxy) is 2. The second-order valence-electron chi connectivity index (χ2n) is 4.80. The van der Waals surface area contributed by atoms with E-state index in [9.17, 15) is 0 Å². The highest BCUT2D eigenvalue weighted by Gasteiger charge is 2.33. The summed E-state index contributed by atoms with van der Waals surface area (Å²) < 4.78 is 10.4. The van der Waals surface area contributed by atoms with Crippen molar-refractivity contribution in [2.45, 2.75) is 18.9 Å². The van der Waals surface area contributed by atoms with Crippen LogP contribution in [-0.2, 0) is 9.47 Å². The van der Waals surface area contributed by atoms with E-state index in [1.807, 2.05) is 0 Å². The summed E-state index contributed by atoms with van der Waals surface area (Å²) in [7, 11) is 1.71. The minimum atomic E-state index is 0.701. The fraction of sp³-hybridized carbons (Fsp3) is 1.00. The molecule has 2 aliphatic rings. The fourth-order valence-electron chi connectivity index (χ4n) is 2.30. The molecule has 1 unspecified atom stereocenters. The summed E-state index contributed by atoms with van der Waals surface area (Å²) in [5.74, 6) is 0.956. The van der Waals surface area contributed by atoms with E-state index < -0.39 is 0 Å². The van der Waals surface area contributed by atoms with E-state index in [0.717, 1.165) is 38.2 Å². The van der Waals surface area contributed by atoms with Crippen LogP contribution in [0.3, 0.4) is 0 Å². The lowest BCUT2D eigenvalue weighted by atomic mass is 10.1. The van der Waals surface area contributed by atoms with Crippen molar-refractivity contribution in [2.24, 2.45) is 5.92 Å². The third kappa shape index (κ3) is 4.01.